The lowest BCUT2D eigenvalue weighted by Gasteiger charge is -2.22. The van der Waals surface area contributed by atoms with Crippen LogP contribution in [0.1, 0.15) is 20.8 Å². The Morgan fingerprint density at radius 3 is 2.31 bits per heavy atom. The molecule has 2 amide bonds. The molecule has 0 aliphatic carbocycles. The highest BCUT2D eigenvalue weighted by Gasteiger charge is 2.13. The smallest absolute Gasteiger partial charge is 0.241 e. The highest BCUT2D eigenvalue weighted by atomic mass is 35.5. The van der Waals surface area contributed by atoms with E-state index in [0.29, 0.717) is 19.0 Å². The van der Waals surface area contributed by atoms with Gasteiger partial charge in [0, 0.05) is 13.1 Å². The first kappa shape index (κ1) is 17.6. The monoisotopic (exact) mass is 251 g/mol. The number of nitrogens with zero attached hydrogens (tertiary/aromatic N) is 1. The number of nitrogens with two attached hydrogens (primary N) is 1. The SMILES string of the molecule is CCN(CC(C)C)C(=O)CNC(=O)CN.Cl. The lowest BCUT2D eigenvalue weighted by molar-refractivity contribution is -0.132. The second-order valence-electron chi connectivity index (χ2n) is 3.81. The van der Waals surface area contributed by atoms with E-state index in [0.717, 1.165) is 0 Å². The van der Waals surface area contributed by atoms with Crippen molar-refractivity contribution in [2.75, 3.05) is 26.2 Å². The van der Waals surface area contributed by atoms with E-state index in [1.807, 2.05) is 6.92 Å². The number of hydrogen-bond donors (Lipinski definition) is 2. The molecule has 0 saturated carbocycles. The van der Waals surface area contributed by atoms with Crippen molar-refractivity contribution in [2.24, 2.45) is 11.7 Å². The van der Waals surface area contributed by atoms with Crippen LogP contribution in [0.25, 0.3) is 0 Å². The van der Waals surface area contributed by atoms with Gasteiger partial charge in [0.25, 0.3) is 0 Å². The summed E-state index contributed by atoms with van der Waals surface area (Å²) >= 11 is 0. The van der Waals surface area contributed by atoms with Crippen LogP contribution in [0.15, 0.2) is 0 Å². The second-order valence-corrected chi connectivity index (χ2v) is 3.81. The van der Waals surface area contributed by atoms with E-state index in [1.165, 1.54) is 0 Å². The minimum Gasteiger partial charge on any atom is -0.346 e. The number of likely N-dealkylation sites (N-methyl/N-ethyl adjacent to an activating group) is 1. The molecule has 0 heterocycles. The van der Waals surface area contributed by atoms with Crippen LogP contribution in [0, 0.1) is 5.92 Å². The van der Waals surface area contributed by atoms with Gasteiger partial charge in [0.2, 0.25) is 11.8 Å². The number of amides is 2. The predicted molar refractivity (Wildman–Crippen MR) is 66.4 cm³/mol. The number of carbonyl (C=O) groups excluding carboxylic acids is 2. The van der Waals surface area contributed by atoms with Crippen molar-refractivity contribution in [3.05, 3.63) is 0 Å². The van der Waals surface area contributed by atoms with Gasteiger partial charge in [-0.05, 0) is 12.8 Å². The average molecular weight is 252 g/mol. The van der Waals surface area contributed by atoms with E-state index in [2.05, 4.69) is 19.2 Å². The van der Waals surface area contributed by atoms with Gasteiger partial charge in [-0.2, -0.15) is 0 Å². The Kier molecular flexibility index (Phi) is 10.3. The summed E-state index contributed by atoms with van der Waals surface area (Å²) in [4.78, 5) is 24.2. The molecular weight excluding hydrogens is 230 g/mol. The summed E-state index contributed by atoms with van der Waals surface area (Å²) < 4.78 is 0. The summed E-state index contributed by atoms with van der Waals surface area (Å²) in [5.74, 6) is 0.0658. The third-order valence-corrected chi connectivity index (χ3v) is 1.94. The largest absolute Gasteiger partial charge is 0.346 e. The molecule has 0 radical (unpaired) electrons. The fraction of sp³-hybridized carbons (Fsp3) is 0.800. The summed E-state index contributed by atoms with van der Waals surface area (Å²) in [5.41, 5.74) is 5.11. The molecular formula is C10H22ClN3O2. The molecule has 0 bridgehead atoms. The zero-order valence-corrected chi connectivity index (χ0v) is 11.0. The first-order valence-electron chi connectivity index (χ1n) is 5.25. The third kappa shape index (κ3) is 7.48. The van der Waals surface area contributed by atoms with Crippen molar-refractivity contribution in [1.29, 1.82) is 0 Å². The molecule has 0 saturated heterocycles. The Morgan fingerprint density at radius 2 is 1.94 bits per heavy atom. The summed E-state index contributed by atoms with van der Waals surface area (Å²) in [6, 6.07) is 0. The highest BCUT2D eigenvalue weighted by Crippen LogP contribution is 1.98. The molecule has 0 aromatic heterocycles. The van der Waals surface area contributed by atoms with E-state index in [4.69, 9.17) is 5.73 Å². The van der Waals surface area contributed by atoms with Crippen LogP contribution in [0.3, 0.4) is 0 Å². The summed E-state index contributed by atoms with van der Waals surface area (Å²) in [7, 11) is 0. The van der Waals surface area contributed by atoms with Crippen molar-refractivity contribution in [1.82, 2.24) is 10.2 Å². The van der Waals surface area contributed by atoms with Gasteiger partial charge in [-0.1, -0.05) is 13.8 Å². The van der Waals surface area contributed by atoms with Gasteiger partial charge < -0.3 is 16.0 Å². The van der Waals surface area contributed by atoms with Crippen LogP contribution < -0.4 is 11.1 Å². The standard InChI is InChI=1S/C10H21N3O2.ClH/c1-4-13(7-8(2)3)10(15)6-12-9(14)5-11;/h8H,4-7,11H2,1-3H3,(H,12,14);1H. The van der Waals surface area contributed by atoms with Crippen molar-refractivity contribution in [3.8, 4) is 0 Å². The van der Waals surface area contributed by atoms with E-state index in [-0.39, 0.29) is 37.3 Å². The van der Waals surface area contributed by atoms with E-state index >= 15 is 0 Å². The molecule has 6 heteroatoms. The third-order valence-electron chi connectivity index (χ3n) is 1.94. The zero-order chi connectivity index (χ0) is 11.8. The maximum Gasteiger partial charge on any atom is 0.241 e. The first-order valence-corrected chi connectivity index (χ1v) is 5.25. The Hall–Kier alpha value is -0.810. The molecule has 0 atom stereocenters. The summed E-state index contributed by atoms with van der Waals surface area (Å²) in [6.07, 6.45) is 0. The number of halogens is 1. The Balaban J connectivity index is 0. The minimum absolute atomic E-state index is 0. The molecule has 0 unspecified atom stereocenters. The number of rotatable bonds is 6. The average Bonchev–Trinajstić information content (AvgIpc) is 2.21. The van der Waals surface area contributed by atoms with Gasteiger partial charge in [-0.25, -0.2) is 0 Å². The van der Waals surface area contributed by atoms with Crippen molar-refractivity contribution in [2.45, 2.75) is 20.8 Å². The normalized spacial score (nSPS) is 9.56. The zero-order valence-electron chi connectivity index (χ0n) is 10.2. The quantitative estimate of drug-likeness (QED) is 0.697. The van der Waals surface area contributed by atoms with E-state index < -0.39 is 0 Å². The van der Waals surface area contributed by atoms with E-state index in [9.17, 15) is 9.59 Å². The molecule has 0 fully saturated rings. The van der Waals surface area contributed by atoms with Gasteiger partial charge >= 0.3 is 0 Å². The van der Waals surface area contributed by atoms with Gasteiger partial charge in [0.1, 0.15) is 0 Å². The van der Waals surface area contributed by atoms with Crippen molar-refractivity contribution < 1.29 is 9.59 Å². The maximum atomic E-state index is 11.6. The minimum atomic E-state index is -0.302. The van der Waals surface area contributed by atoms with Crippen LogP contribution >= 0.6 is 12.4 Å². The molecule has 16 heavy (non-hydrogen) atoms. The summed E-state index contributed by atoms with van der Waals surface area (Å²) in [5, 5.41) is 2.46. The molecule has 0 rings (SSSR count). The van der Waals surface area contributed by atoms with Gasteiger partial charge in [-0.15, -0.1) is 12.4 Å². The fourth-order valence-electron chi connectivity index (χ4n) is 1.21. The molecule has 0 aromatic rings. The Morgan fingerprint density at radius 1 is 1.38 bits per heavy atom. The summed E-state index contributed by atoms with van der Waals surface area (Å²) in [6.45, 7) is 7.36. The topological polar surface area (TPSA) is 75.4 Å². The number of hydrogen-bond acceptors (Lipinski definition) is 3. The molecule has 0 aromatic carbocycles. The second kappa shape index (κ2) is 9.42. The van der Waals surface area contributed by atoms with E-state index in [1.54, 1.807) is 4.90 Å². The van der Waals surface area contributed by atoms with Crippen LogP contribution in [0.4, 0.5) is 0 Å². The highest BCUT2D eigenvalue weighted by molar-refractivity contribution is 5.85. The first-order chi connectivity index (χ1) is 7.01. The molecule has 0 aliphatic heterocycles. The Labute approximate surface area is 103 Å². The lowest BCUT2D eigenvalue weighted by Crippen LogP contribution is -2.43. The van der Waals surface area contributed by atoms with Gasteiger partial charge in [-0.3, -0.25) is 9.59 Å². The fourth-order valence-corrected chi connectivity index (χ4v) is 1.21. The van der Waals surface area contributed by atoms with Crippen molar-refractivity contribution in [3.63, 3.8) is 0 Å². The Bertz CT molecular complexity index is 222. The van der Waals surface area contributed by atoms with Crippen LogP contribution in [-0.4, -0.2) is 42.9 Å². The number of carbonyl (C=O) groups is 2. The maximum absolute atomic E-state index is 11.6. The molecule has 0 spiro atoms. The molecule has 0 aliphatic rings. The lowest BCUT2D eigenvalue weighted by atomic mass is 10.2. The van der Waals surface area contributed by atoms with Crippen LogP contribution in [-0.2, 0) is 9.59 Å². The predicted octanol–water partition coefficient (Wildman–Crippen LogP) is -0.0124. The van der Waals surface area contributed by atoms with Crippen molar-refractivity contribution >= 4 is 24.2 Å². The molecule has 5 nitrogen and oxygen atoms in total. The van der Waals surface area contributed by atoms with Crippen LogP contribution in [0.2, 0.25) is 0 Å². The van der Waals surface area contributed by atoms with Gasteiger partial charge in [0.05, 0.1) is 13.1 Å². The van der Waals surface area contributed by atoms with Gasteiger partial charge in [0.15, 0.2) is 0 Å². The molecule has 3 N–H and O–H groups in total. The molecule has 96 valence electrons. The number of nitrogens with one attached hydrogen (secondary N) is 1. The van der Waals surface area contributed by atoms with Crippen LogP contribution in [0.5, 0.6) is 0 Å².